The van der Waals surface area contributed by atoms with E-state index in [1.807, 2.05) is 13.8 Å². The molecule has 0 saturated heterocycles. The molecule has 1 aromatic rings. The number of rotatable bonds is 3. The van der Waals surface area contributed by atoms with Gasteiger partial charge in [0.1, 0.15) is 5.82 Å². The number of aryl methyl sites for hydroxylation is 1. The van der Waals surface area contributed by atoms with Gasteiger partial charge in [0.2, 0.25) is 0 Å². The highest BCUT2D eigenvalue weighted by Crippen LogP contribution is 2.19. The maximum Gasteiger partial charge on any atom is 0.137 e. The van der Waals surface area contributed by atoms with Crippen LogP contribution in [0.2, 0.25) is 0 Å². The summed E-state index contributed by atoms with van der Waals surface area (Å²) < 4.78 is 13.4. The van der Waals surface area contributed by atoms with Crippen molar-refractivity contribution in [2.45, 2.75) is 32.2 Å². The SMILES string of the molecule is CC(C)(N)CCc1ccc(F)c(Br)c1. The van der Waals surface area contributed by atoms with Crippen LogP contribution in [0.5, 0.6) is 0 Å². The molecule has 2 N–H and O–H groups in total. The molecular formula is C11H15BrFN. The lowest BCUT2D eigenvalue weighted by atomic mass is 9.97. The van der Waals surface area contributed by atoms with Crippen LogP contribution >= 0.6 is 15.9 Å². The zero-order valence-electron chi connectivity index (χ0n) is 8.48. The predicted molar refractivity (Wildman–Crippen MR) is 60.7 cm³/mol. The summed E-state index contributed by atoms with van der Waals surface area (Å²) in [6.45, 7) is 3.98. The fraction of sp³-hybridized carbons (Fsp3) is 0.455. The Hall–Kier alpha value is -0.410. The molecule has 0 aliphatic heterocycles. The van der Waals surface area contributed by atoms with E-state index in [4.69, 9.17) is 5.73 Å². The van der Waals surface area contributed by atoms with Crippen LogP contribution in [0.4, 0.5) is 4.39 Å². The molecule has 0 amide bonds. The number of hydrogen-bond acceptors (Lipinski definition) is 1. The Bertz CT molecular complexity index is 318. The van der Waals surface area contributed by atoms with Crippen LogP contribution in [0.3, 0.4) is 0 Å². The number of hydrogen-bond donors (Lipinski definition) is 1. The third-order valence-electron chi connectivity index (χ3n) is 2.04. The Morgan fingerprint density at radius 3 is 2.57 bits per heavy atom. The van der Waals surface area contributed by atoms with Crippen molar-refractivity contribution < 1.29 is 4.39 Å². The number of benzene rings is 1. The molecule has 1 rings (SSSR count). The second kappa shape index (κ2) is 4.41. The van der Waals surface area contributed by atoms with Gasteiger partial charge in [-0.05, 0) is 60.3 Å². The van der Waals surface area contributed by atoms with E-state index < -0.39 is 0 Å². The van der Waals surface area contributed by atoms with Gasteiger partial charge < -0.3 is 5.73 Å². The van der Waals surface area contributed by atoms with Crippen molar-refractivity contribution in [2.75, 3.05) is 0 Å². The van der Waals surface area contributed by atoms with E-state index in [2.05, 4.69) is 15.9 Å². The van der Waals surface area contributed by atoms with Crippen molar-refractivity contribution in [2.24, 2.45) is 5.73 Å². The molecule has 1 nitrogen and oxygen atoms in total. The highest BCUT2D eigenvalue weighted by atomic mass is 79.9. The lowest BCUT2D eigenvalue weighted by molar-refractivity contribution is 0.476. The van der Waals surface area contributed by atoms with E-state index in [9.17, 15) is 4.39 Å². The Kier molecular flexibility index (Phi) is 3.67. The van der Waals surface area contributed by atoms with Crippen LogP contribution in [0.15, 0.2) is 22.7 Å². The van der Waals surface area contributed by atoms with Gasteiger partial charge in [-0.2, -0.15) is 0 Å². The molecule has 0 aromatic heterocycles. The second-order valence-corrected chi connectivity index (χ2v) is 5.09. The molecule has 78 valence electrons. The molecule has 0 atom stereocenters. The minimum atomic E-state index is -0.222. The smallest absolute Gasteiger partial charge is 0.137 e. The van der Waals surface area contributed by atoms with Crippen LogP contribution in [0.25, 0.3) is 0 Å². The Labute approximate surface area is 92.6 Å². The van der Waals surface area contributed by atoms with E-state index >= 15 is 0 Å². The standard InChI is InChI=1S/C11H15BrFN/c1-11(2,14)6-5-8-3-4-10(13)9(12)7-8/h3-4,7H,5-6,14H2,1-2H3. The van der Waals surface area contributed by atoms with Gasteiger partial charge in [0.15, 0.2) is 0 Å². The Balaban J connectivity index is 2.65. The van der Waals surface area contributed by atoms with Crippen molar-refractivity contribution in [1.82, 2.24) is 0 Å². The molecule has 0 fully saturated rings. The van der Waals surface area contributed by atoms with Crippen LogP contribution in [-0.4, -0.2) is 5.54 Å². The van der Waals surface area contributed by atoms with E-state index in [0.717, 1.165) is 18.4 Å². The molecule has 0 unspecified atom stereocenters. The molecule has 0 aliphatic rings. The first kappa shape index (κ1) is 11.7. The fourth-order valence-corrected chi connectivity index (χ4v) is 1.59. The topological polar surface area (TPSA) is 26.0 Å². The Morgan fingerprint density at radius 2 is 2.07 bits per heavy atom. The van der Waals surface area contributed by atoms with Crippen molar-refractivity contribution in [3.05, 3.63) is 34.1 Å². The predicted octanol–water partition coefficient (Wildman–Crippen LogP) is 3.26. The van der Waals surface area contributed by atoms with Crippen molar-refractivity contribution >= 4 is 15.9 Å². The molecule has 1 aromatic carbocycles. The molecule has 0 aliphatic carbocycles. The second-order valence-electron chi connectivity index (χ2n) is 4.24. The summed E-state index contributed by atoms with van der Waals surface area (Å²) in [4.78, 5) is 0. The molecule has 0 saturated carbocycles. The summed E-state index contributed by atoms with van der Waals surface area (Å²) in [6, 6.07) is 5.08. The normalized spacial score (nSPS) is 11.8. The first-order valence-electron chi connectivity index (χ1n) is 4.61. The number of nitrogens with two attached hydrogens (primary N) is 1. The van der Waals surface area contributed by atoms with Gasteiger partial charge in [-0.25, -0.2) is 4.39 Å². The quantitative estimate of drug-likeness (QED) is 0.886. The van der Waals surface area contributed by atoms with Crippen LogP contribution in [0.1, 0.15) is 25.8 Å². The molecule has 0 bridgehead atoms. The van der Waals surface area contributed by atoms with Gasteiger partial charge >= 0.3 is 0 Å². The molecule has 14 heavy (non-hydrogen) atoms. The maximum atomic E-state index is 12.9. The van der Waals surface area contributed by atoms with Crippen molar-refractivity contribution in [3.8, 4) is 0 Å². The summed E-state index contributed by atoms with van der Waals surface area (Å²) in [5.74, 6) is -0.222. The molecular weight excluding hydrogens is 245 g/mol. The molecule has 0 heterocycles. The van der Waals surface area contributed by atoms with Crippen LogP contribution < -0.4 is 5.73 Å². The van der Waals surface area contributed by atoms with Gasteiger partial charge in [-0.3, -0.25) is 0 Å². The summed E-state index contributed by atoms with van der Waals surface area (Å²) in [7, 11) is 0. The third-order valence-corrected chi connectivity index (χ3v) is 2.65. The number of halogens is 2. The summed E-state index contributed by atoms with van der Waals surface area (Å²) >= 11 is 3.16. The first-order chi connectivity index (χ1) is 6.38. The van der Waals surface area contributed by atoms with Crippen molar-refractivity contribution in [1.29, 1.82) is 0 Å². The van der Waals surface area contributed by atoms with Gasteiger partial charge in [-0.15, -0.1) is 0 Å². The minimum absolute atomic E-state index is 0.166. The van der Waals surface area contributed by atoms with Gasteiger partial charge in [0.05, 0.1) is 4.47 Å². The largest absolute Gasteiger partial charge is 0.326 e. The monoisotopic (exact) mass is 259 g/mol. The van der Waals surface area contributed by atoms with Crippen LogP contribution in [0, 0.1) is 5.82 Å². The van der Waals surface area contributed by atoms with Gasteiger partial charge in [0.25, 0.3) is 0 Å². The highest BCUT2D eigenvalue weighted by molar-refractivity contribution is 9.10. The highest BCUT2D eigenvalue weighted by Gasteiger charge is 2.10. The molecule has 0 radical (unpaired) electrons. The van der Waals surface area contributed by atoms with E-state index in [0.29, 0.717) is 4.47 Å². The summed E-state index contributed by atoms with van der Waals surface area (Å²) in [6.07, 6.45) is 1.77. The van der Waals surface area contributed by atoms with Gasteiger partial charge in [0, 0.05) is 5.54 Å². The zero-order valence-corrected chi connectivity index (χ0v) is 10.1. The fourth-order valence-electron chi connectivity index (χ4n) is 1.16. The minimum Gasteiger partial charge on any atom is -0.326 e. The summed E-state index contributed by atoms with van der Waals surface area (Å²) in [5, 5.41) is 0. The zero-order chi connectivity index (χ0) is 10.8. The van der Waals surface area contributed by atoms with E-state index in [1.54, 1.807) is 12.1 Å². The lowest BCUT2D eigenvalue weighted by Crippen LogP contribution is -2.32. The third kappa shape index (κ3) is 3.76. The van der Waals surface area contributed by atoms with Gasteiger partial charge in [-0.1, -0.05) is 6.07 Å². The van der Waals surface area contributed by atoms with Crippen molar-refractivity contribution in [3.63, 3.8) is 0 Å². The molecule has 3 heteroatoms. The van der Waals surface area contributed by atoms with E-state index in [1.165, 1.54) is 6.07 Å². The Morgan fingerprint density at radius 1 is 1.43 bits per heavy atom. The summed E-state index contributed by atoms with van der Waals surface area (Å²) in [5.41, 5.74) is 6.81. The van der Waals surface area contributed by atoms with E-state index in [-0.39, 0.29) is 11.4 Å². The average Bonchev–Trinajstić information content (AvgIpc) is 2.06. The average molecular weight is 260 g/mol. The molecule has 0 spiro atoms. The first-order valence-corrected chi connectivity index (χ1v) is 5.40. The maximum absolute atomic E-state index is 12.9. The van der Waals surface area contributed by atoms with Crippen LogP contribution in [-0.2, 0) is 6.42 Å². The lowest BCUT2D eigenvalue weighted by Gasteiger charge is -2.18.